The number of pyridine rings is 1. The SMILES string of the molecule is Cc1ccc(C(=O)Nc2ccc3c(c2)CCN3C(=O)Cc2ccccn2)c(-c2ccc(N(C)C)cc2)c1. The smallest absolute Gasteiger partial charge is 0.256 e. The van der Waals surface area contributed by atoms with Crippen molar-refractivity contribution in [3.05, 3.63) is 107 Å². The number of aromatic nitrogens is 1. The van der Waals surface area contributed by atoms with E-state index in [0.29, 0.717) is 12.1 Å². The van der Waals surface area contributed by atoms with Crippen LogP contribution in [0.25, 0.3) is 11.1 Å². The molecule has 3 aromatic carbocycles. The van der Waals surface area contributed by atoms with Gasteiger partial charge in [0.2, 0.25) is 5.91 Å². The lowest BCUT2D eigenvalue weighted by molar-refractivity contribution is -0.117. The van der Waals surface area contributed by atoms with Gasteiger partial charge in [-0.1, -0.05) is 35.9 Å². The number of benzene rings is 3. The van der Waals surface area contributed by atoms with Gasteiger partial charge in [-0.15, -0.1) is 0 Å². The molecule has 0 fully saturated rings. The highest BCUT2D eigenvalue weighted by molar-refractivity contribution is 6.09. The number of nitrogens with zero attached hydrogens (tertiary/aromatic N) is 3. The third kappa shape index (κ3) is 5.23. The van der Waals surface area contributed by atoms with E-state index in [1.54, 1.807) is 6.20 Å². The van der Waals surface area contributed by atoms with Gasteiger partial charge in [-0.25, -0.2) is 0 Å². The number of amides is 2. The third-order valence-corrected chi connectivity index (χ3v) is 6.71. The molecule has 37 heavy (non-hydrogen) atoms. The van der Waals surface area contributed by atoms with E-state index in [1.807, 2.05) is 92.6 Å². The average Bonchev–Trinajstić information content (AvgIpc) is 3.32. The van der Waals surface area contributed by atoms with Crippen LogP contribution in [0.5, 0.6) is 0 Å². The zero-order valence-electron chi connectivity index (χ0n) is 21.4. The molecule has 0 aliphatic carbocycles. The Labute approximate surface area is 217 Å². The topological polar surface area (TPSA) is 65.5 Å². The first-order valence-electron chi connectivity index (χ1n) is 12.4. The van der Waals surface area contributed by atoms with E-state index in [9.17, 15) is 9.59 Å². The van der Waals surface area contributed by atoms with Gasteiger partial charge in [-0.3, -0.25) is 14.6 Å². The number of nitrogens with one attached hydrogen (secondary N) is 1. The minimum absolute atomic E-state index is 0.0267. The lowest BCUT2D eigenvalue weighted by Gasteiger charge is -2.18. The summed E-state index contributed by atoms with van der Waals surface area (Å²) in [5.41, 5.74) is 8.14. The normalized spacial score (nSPS) is 12.2. The molecule has 1 aliphatic heterocycles. The Bertz CT molecular complexity index is 1450. The summed E-state index contributed by atoms with van der Waals surface area (Å²) in [5, 5.41) is 3.07. The van der Waals surface area contributed by atoms with Crippen LogP contribution in [0.3, 0.4) is 0 Å². The fourth-order valence-corrected chi connectivity index (χ4v) is 4.72. The Morgan fingerprint density at radius 1 is 0.973 bits per heavy atom. The first-order chi connectivity index (χ1) is 17.9. The zero-order valence-corrected chi connectivity index (χ0v) is 21.4. The lowest BCUT2D eigenvalue weighted by Crippen LogP contribution is -2.30. The number of fused-ring (bicyclic) bond motifs is 1. The summed E-state index contributed by atoms with van der Waals surface area (Å²) in [4.78, 5) is 34.4. The van der Waals surface area contributed by atoms with Gasteiger partial charge in [0.15, 0.2) is 0 Å². The quantitative estimate of drug-likeness (QED) is 0.387. The predicted octanol–water partition coefficient (Wildman–Crippen LogP) is 5.51. The van der Waals surface area contributed by atoms with E-state index in [1.165, 1.54) is 0 Å². The number of hydrogen-bond acceptors (Lipinski definition) is 4. The summed E-state index contributed by atoms with van der Waals surface area (Å²) in [6.45, 7) is 2.66. The molecule has 1 aromatic heterocycles. The van der Waals surface area contributed by atoms with Gasteiger partial charge in [0.1, 0.15) is 0 Å². The highest BCUT2D eigenvalue weighted by Crippen LogP contribution is 2.32. The first kappa shape index (κ1) is 24.3. The molecule has 4 aromatic rings. The average molecular weight is 491 g/mol. The molecule has 0 unspecified atom stereocenters. The van der Waals surface area contributed by atoms with Crippen molar-refractivity contribution in [1.29, 1.82) is 0 Å². The molecule has 6 nitrogen and oxygen atoms in total. The number of rotatable bonds is 6. The van der Waals surface area contributed by atoms with Crippen molar-refractivity contribution in [2.75, 3.05) is 35.8 Å². The number of carbonyl (C=O) groups is 2. The Morgan fingerprint density at radius 2 is 1.78 bits per heavy atom. The predicted molar refractivity (Wildman–Crippen MR) is 149 cm³/mol. The minimum atomic E-state index is -0.160. The van der Waals surface area contributed by atoms with Crippen LogP contribution in [-0.2, 0) is 17.6 Å². The van der Waals surface area contributed by atoms with Crippen LogP contribution in [0, 0.1) is 6.92 Å². The molecule has 6 heteroatoms. The molecule has 1 N–H and O–H groups in total. The molecule has 0 spiro atoms. The molecule has 0 radical (unpaired) electrons. The summed E-state index contributed by atoms with van der Waals surface area (Å²) in [6.07, 6.45) is 2.72. The summed E-state index contributed by atoms with van der Waals surface area (Å²) < 4.78 is 0. The van der Waals surface area contributed by atoms with Crippen molar-refractivity contribution in [2.24, 2.45) is 0 Å². The van der Waals surface area contributed by atoms with Gasteiger partial charge < -0.3 is 15.1 Å². The lowest BCUT2D eigenvalue weighted by atomic mass is 9.96. The molecule has 0 bridgehead atoms. The van der Waals surface area contributed by atoms with E-state index in [2.05, 4.69) is 27.3 Å². The third-order valence-electron chi connectivity index (χ3n) is 6.71. The van der Waals surface area contributed by atoms with Crippen LogP contribution in [-0.4, -0.2) is 37.4 Å². The van der Waals surface area contributed by atoms with Gasteiger partial charge in [0, 0.05) is 55.2 Å². The molecule has 0 saturated heterocycles. The summed E-state index contributed by atoms with van der Waals surface area (Å²) in [5.74, 6) is -0.133. The Balaban J connectivity index is 1.34. The minimum Gasteiger partial charge on any atom is -0.378 e. The van der Waals surface area contributed by atoms with Crippen molar-refractivity contribution >= 4 is 28.9 Å². The Kier molecular flexibility index (Phi) is 6.73. The molecule has 1 aliphatic rings. The molecule has 0 atom stereocenters. The van der Waals surface area contributed by atoms with Crippen LogP contribution in [0.15, 0.2) is 85.1 Å². The van der Waals surface area contributed by atoms with Crippen molar-refractivity contribution in [1.82, 2.24) is 4.98 Å². The standard InChI is InChI=1S/C31H30N4O2/c1-21-7-13-27(28(18-21)22-8-11-26(12-9-22)34(2)3)31(37)33-25-10-14-29-23(19-25)15-17-35(29)30(36)20-24-6-4-5-16-32-24/h4-14,16,18-19H,15,17,20H2,1-3H3,(H,33,37). The monoisotopic (exact) mass is 490 g/mol. The molecule has 186 valence electrons. The van der Waals surface area contributed by atoms with Crippen LogP contribution < -0.4 is 15.1 Å². The summed E-state index contributed by atoms with van der Waals surface area (Å²) in [7, 11) is 4.01. The van der Waals surface area contributed by atoms with E-state index in [0.717, 1.165) is 51.4 Å². The maximum Gasteiger partial charge on any atom is 0.256 e. The van der Waals surface area contributed by atoms with Gasteiger partial charge in [0.05, 0.1) is 6.42 Å². The molecular weight excluding hydrogens is 460 g/mol. The fourth-order valence-electron chi connectivity index (χ4n) is 4.72. The van der Waals surface area contributed by atoms with Crippen molar-refractivity contribution in [3.63, 3.8) is 0 Å². The van der Waals surface area contributed by atoms with E-state index in [-0.39, 0.29) is 18.2 Å². The van der Waals surface area contributed by atoms with Gasteiger partial charge in [-0.2, -0.15) is 0 Å². The number of hydrogen-bond donors (Lipinski definition) is 1. The van der Waals surface area contributed by atoms with Crippen molar-refractivity contribution in [3.8, 4) is 11.1 Å². The second-order valence-electron chi connectivity index (χ2n) is 9.58. The van der Waals surface area contributed by atoms with Crippen LogP contribution >= 0.6 is 0 Å². The zero-order chi connectivity index (χ0) is 25.9. The summed E-state index contributed by atoms with van der Waals surface area (Å²) in [6, 6.07) is 25.5. The molecule has 2 heterocycles. The fraction of sp³-hybridized carbons (Fsp3) is 0.194. The van der Waals surface area contributed by atoms with Crippen molar-refractivity contribution in [2.45, 2.75) is 19.8 Å². The maximum absolute atomic E-state index is 13.4. The van der Waals surface area contributed by atoms with E-state index >= 15 is 0 Å². The van der Waals surface area contributed by atoms with Crippen LogP contribution in [0.1, 0.15) is 27.2 Å². The van der Waals surface area contributed by atoms with Crippen molar-refractivity contribution < 1.29 is 9.59 Å². The number of aryl methyl sites for hydroxylation is 1. The van der Waals surface area contributed by atoms with Crippen LogP contribution in [0.2, 0.25) is 0 Å². The highest BCUT2D eigenvalue weighted by atomic mass is 16.2. The van der Waals surface area contributed by atoms with E-state index in [4.69, 9.17) is 0 Å². The molecule has 0 saturated carbocycles. The first-order valence-corrected chi connectivity index (χ1v) is 12.4. The Hall–Kier alpha value is -4.45. The van der Waals surface area contributed by atoms with Gasteiger partial charge in [0.25, 0.3) is 5.91 Å². The molecule has 5 rings (SSSR count). The second-order valence-corrected chi connectivity index (χ2v) is 9.58. The molecule has 2 amide bonds. The van der Waals surface area contributed by atoms with Gasteiger partial charge >= 0.3 is 0 Å². The van der Waals surface area contributed by atoms with Crippen LogP contribution in [0.4, 0.5) is 17.1 Å². The highest BCUT2D eigenvalue weighted by Gasteiger charge is 2.25. The van der Waals surface area contributed by atoms with Gasteiger partial charge in [-0.05, 0) is 78.6 Å². The Morgan fingerprint density at radius 3 is 2.51 bits per heavy atom. The number of carbonyl (C=O) groups excluding carboxylic acids is 2. The largest absolute Gasteiger partial charge is 0.378 e. The second kappa shape index (κ2) is 10.3. The summed E-state index contributed by atoms with van der Waals surface area (Å²) >= 11 is 0. The number of anilines is 3. The van der Waals surface area contributed by atoms with E-state index < -0.39 is 0 Å². The molecular formula is C31H30N4O2. The maximum atomic E-state index is 13.4.